The Hall–Kier alpha value is -6.74. The first kappa shape index (κ1) is 32.6. The van der Waals surface area contributed by atoms with Crippen molar-refractivity contribution in [1.29, 1.82) is 5.26 Å². The summed E-state index contributed by atoms with van der Waals surface area (Å²) in [6.07, 6.45) is -1.57. The van der Waals surface area contributed by atoms with Gasteiger partial charge < -0.3 is 23.8 Å². The van der Waals surface area contributed by atoms with E-state index in [-0.39, 0.29) is 22.6 Å². The molecule has 0 saturated heterocycles. The van der Waals surface area contributed by atoms with Crippen LogP contribution >= 0.6 is 0 Å². The lowest BCUT2D eigenvalue weighted by atomic mass is 10.1. The van der Waals surface area contributed by atoms with Gasteiger partial charge in [0.05, 0.1) is 4.92 Å². The van der Waals surface area contributed by atoms with Crippen LogP contribution in [0, 0.1) is 21.4 Å². The quantitative estimate of drug-likeness (QED) is 0.0386. The van der Waals surface area contributed by atoms with E-state index in [1.807, 2.05) is 24.3 Å². The number of carbonyl (C=O) groups excluding carboxylic acids is 3. The van der Waals surface area contributed by atoms with Crippen molar-refractivity contribution in [1.82, 2.24) is 4.90 Å². The highest BCUT2D eigenvalue weighted by Gasteiger charge is 2.29. The van der Waals surface area contributed by atoms with E-state index in [0.29, 0.717) is 23.9 Å². The first-order chi connectivity index (χ1) is 23.2. The van der Waals surface area contributed by atoms with Crippen LogP contribution in [0.2, 0.25) is 0 Å². The molecule has 240 valence electrons. The molecule has 48 heavy (non-hydrogen) atoms. The lowest BCUT2D eigenvalue weighted by Gasteiger charge is -2.17. The van der Waals surface area contributed by atoms with Crippen molar-refractivity contribution in [3.8, 4) is 29.1 Å². The third kappa shape index (κ3) is 7.21. The molecule has 12 heteroatoms. The van der Waals surface area contributed by atoms with Gasteiger partial charge in [0, 0.05) is 29.9 Å². The number of nitro groups is 1. The van der Waals surface area contributed by atoms with Gasteiger partial charge in [-0.2, -0.15) is 5.26 Å². The molecular weight excluding hydrogens is 618 g/mol. The molecule has 0 unspecified atom stereocenters. The Balaban J connectivity index is 1.55. The van der Waals surface area contributed by atoms with Crippen molar-refractivity contribution in [2.24, 2.45) is 0 Å². The molecule has 0 fully saturated rings. The fraction of sp³-hybridized carbons (Fsp3) is 0.111. The van der Waals surface area contributed by atoms with Crippen molar-refractivity contribution in [2.45, 2.75) is 13.8 Å². The minimum atomic E-state index is -1.36. The molecule has 0 aliphatic carbocycles. The van der Waals surface area contributed by atoms with Gasteiger partial charge in [-0.15, -0.1) is 0 Å². The van der Waals surface area contributed by atoms with E-state index < -0.39 is 40.3 Å². The Bertz CT molecular complexity index is 2120. The summed E-state index contributed by atoms with van der Waals surface area (Å²) in [5.41, 5.74) is -1.22. The molecule has 0 saturated carbocycles. The number of nitro benzene ring substituents is 1. The molecular formula is C36H27N3O9. The van der Waals surface area contributed by atoms with E-state index in [2.05, 4.69) is 0 Å². The molecule has 0 aromatic heterocycles. The second-order valence-electron chi connectivity index (χ2n) is 10.1. The highest BCUT2D eigenvalue weighted by atomic mass is 16.7. The van der Waals surface area contributed by atoms with Gasteiger partial charge in [0.2, 0.25) is 0 Å². The maximum Gasteiger partial charge on any atom is 0.519 e. The zero-order chi connectivity index (χ0) is 34.2. The highest BCUT2D eigenvalue weighted by molar-refractivity contribution is 6.02. The predicted octanol–water partition coefficient (Wildman–Crippen LogP) is 7.83. The van der Waals surface area contributed by atoms with Crippen LogP contribution in [0.25, 0.3) is 27.6 Å². The van der Waals surface area contributed by atoms with Crippen LogP contribution in [0.15, 0.2) is 103 Å². The first-order valence-corrected chi connectivity index (χ1v) is 14.7. The maximum atomic E-state index is 13.1. The average molecular weight is 646 g/mol. The molecule has 5 aromatic carbocycles. The van der Waals surface area contributed by atoms with E-state index in [0.717, 1.165) is 29.0 Å². The number of nitrogens with zero attached hydrogens (tertiary/aromatic N) is 3. The van der Waals surface area contributed by atoms with E-state index in [1.165, 1.54) is 17.0 Å². The van der Waals surface area contributed by atoms with E-state index >= 15 is 0 Å². The van der Waals surface area contributed by atoms with Crippen LogP contribution in [0.1, 0.15) is 19.4 Å². The zero-order valence-corrected chi connectivity index (χ0v) is 25.7. The van der Waals surface area contributed by atoms with Crippen molar-refractivity contribution < 1.29 is 38.3 Å². The number of ether oxygens (including phenoxy) is 4. The van der Waals surface area contributed by atoms with E-state index in [1.54, 1.807) is 68.4 Å². The number of rotatable bonds is 9. The van der Waals surface area contributed by atoms with Gasteiger partial charge in [-0.3, -0.25) is 14.9 Å². The van der Waals surface area contributed by atoms with Crippen LogP contribution in [0.5, 0.6) is 23.0 Å². The normalized spacial score (nSPS) is 11.0. The largest absolute Gasteiger partial charge is 0.519 e. The van der Waals surface area contributed by atoms with Crippen molar-refractivity contribution in [2.75, 3.05) is 13.1 Å². The van der Waals surface area contributed by atoms with Gasteiger partial charge in [-0.05, 0) is 54.5 Å². The lowest BCUT2D eigenvalue weighted by molar-refractivity contribution is -0.385. The van der Waals surface area contributed by atoms with Gasteiger partial charge in [0.25, 0.3) is 11.7 Å². The summed E-state index contributed by atoms with van der Waals surface area (Å²) in [6.45, 7) is 4.10. The summed E-state index contributed by atoms with van der Waals surface area (Å²) in [5, 5.41) is 24.7. The molecule has 12 nitrogen and oxygen atoms in total. The molecule has 0 aliphatic rings. The summed E-state index contributed by atoms with van der Waals surface area (Å²) in [5.74, 6) is -1.74. The number of fused-ring (bicyclic) bond motifs is 2. The Labute approximate surface area is 274 Å². The molecule has 5 aromatic rings. The van der Waals surface area contributed by atoms with Crippen LogP contribution in [-0.4, -0.2) is 41.1 Å². The monoisotopic (exact) mass is 645 g/mol. The number of carbonyl (C=O) groups is 3. The summed E-state index contributed by atoms with van der Waals surface area (Å²) in [7, 11) is 0. The van der Waals surface area contributed by atoms with E-state index in [4.69, 9.17) is 18.9 Å². The fourth-order valence-corrected chi connectivity index (χ4v) is 4.96. The van der Waals surface area contributed by atoms with Gasteiger partial charge in [-0.1, -0.05) is 72.8 Å². The van der Waals surface area contributed by atoms with Crippen LogP contribution < -0.4 is 18.9 Å². The lowest BCUT2D eigenvalue weighted by Crippen LogP contribution is -2.31. The minimum Gasteiger partial charge on any atom is -0.394 e. The fourth-order valence-electron chi connectivity index (χ4n) is 4.96. The van der Waals surface area contributed by atoms with Crippen molar-refractivity contribution >= 4 is 51.5 Å². The number of nitriles is 1. The molecule has 0 atom stereocenters. The summed E-state index contributed by atoms with van der Waals surface area (Å²) >= 11 is 0. The summed E-state index contributed by atoms with van der Waals surface area (Å²) < 4.78 is 21.6. The SMILES string of the molecule is CCN(CC)C(=O)/C(C#N)=C/c1cc(OC(=O)Oc2cccc3ccccc23)c(OC(=O)Oc2cccc3ccccc23)c([N+](=O)[O-])c1. The smallest absolute Gasteiger partial charge is 0.394 e. The molecule has 0 aliphatic heterocycles. The number of hydrogen-bond acceptors (Lipinski definition) is 10. The third-order valence-electron chi connectivity index (χ3n) is 7.23. The number of benzene rings is 5. The van der Waals surface area contributed by atoms with Crippen LogP contribution in [-0.2, 0) is 4.79 Å². The number of amides is 1. The molecule has 5 rings (SSSR count). The Morgan fingerprint density at radius 3 is 1.77 bits per heavy atom. The van der Waals surface area contributed by atoms with Crippen LogP contribution in [0.3, 0.4) is 0 Å². The highest BCUT2D eigenvalue weighted by Crippen LogP contribution is 2.40. The van der Waals surface area contributed by atoms with Gasteiger partial charge in [0.15, 0.2) is 5.75 Å². The Kier molecular flexibility index (Phi) is 9.91. The van der Waals surface area contributed by atoms with E-state index in [9.17, 15) is 29.8 Å². The average Bonchev–Trinajstić information content (AvgIpc) is 3.08. The molecule has 1 amide bonds. The molecule has 0 radical (unpaired) electrons. The number of likely N-dealkylation sites (N-methyl/N-ethyl adjacent to an activating group) is 1. The number of hydrogen-bond donors (Lipinski definition) is 0. The van der Waals surface area contributed by atoms with Crippen LogP contribution in [0.4, 0.5) is 15.3 Å². The minimum absolute atomic E-state index is 0.0681. The summed E-state index contributed by atoms with van der Waals surface area (Å²) in [4.78, 5) is 51.9. The first-order valence-electron chi connectivity index (χ1n) is 14.7. The van der Waals surface area contributed by atoms with Gasteiger partial charge in [0.1, 0.15) is 23.1 Å². The second kappa shape index (κ2) is 14.6. The topological polar surface area (TPSA) is 158 Å². The van der Waals surface area contributed by atoms with Crippen molar-refractivity contribution in [3.63, 3.8) is 0 Å². The van der Waals surface area contributed by atoms with Crippen molar-refractivity contribution in [3.05, 3.63) is 118 Å². The molecule has 0 heterocycles. The second-order valence-corrected chi connectivity index (χ2v) is 10.1. The van der Waals surface area contributed by atoms with Gasteiger partial charge in [-0.25, -0.2) is 9.59 Å². The molecule has 0 spiro atoms. The molecule has 0 N–H and O–H groups in total. The predicted molar refractivity (Wildman–Crippen MR) is 176 cm³/mol. The van der Waals surface area contributed by atoms with Gasteiger partial charge >= 0.3 is 18.0 Å². The summed E-state index contributed by atoms with van der Waals surface area (Å²) in [6, 6.07) is 28.0. The maximum absolute atomic E-state index is 13.1. The Morgan fingerprint density at radius 2 is 1.25 bits per heavy atom. The standard InChI is InChI=1S/C36H27N3O9/c1-3-38(4-2)34(40)26(22-37)19-23-20-29(39(43)44)33(48-36(42)46-31-18-10-14-25-12-6-8-16-28(25)31)32(21-23)47-35(41)45-30-17-9-13-24-11-5-7-15-27(24)30/h5-21H,3-4H2,1-2H3/b26-19+. The third-order valence-corrected chi connectivity index (χ3v) is 7.23. The molecule has 0 bridgehead atoms. The Morgan fingerprint density at radius 1 is 0.750 bits per heavy atom. The zero-order valence-electron chi connectivity index (χ0n) is 25.7.